The van der Waals surface area contributed by atoms with Crippen molar-refractivity contribution in [3.63, 3.8) is 0 Å². The zero-order valence-corrected chi connectivity index (χ0v) is 14.9. The molecule has 0 saturated carbocycles. The molecule has 0 radical (unpaired) electrons. The van der Waals surface area contributed by atoms with Crippen molar-refractivity contribution in [1.82, 2.24) is 10.2 Å². The van der Waals surface area contributed by atoms with Gasteiger partial charge in [0.1, 0.15) is 6.04 Å². The van der Waals surface area contributed by atoms with E-state index in [9.17, 15) is 9.59 Å². The minimum absolute atomic E-state index is 0.0401. The maximum Gasteiger partial charge on any atom is 0.243 e. The molecule has 6 nitrogen and oxygen atoms in total. The van der Waals surface area contributed by atoms with Crippen LogP contribution in [-0.2, 0) is 19.1 Å². The molecule has 0 unspecified atom stereocenters. The fourth-order valence-corrected chi connectivity index (χ4v) is 5.22. The quantitative estimate of drug-likeness (QED) is 0.817. The van der Waals surface area contributed by atoms with E-state index in [2.05, 4.69) is 19.2 Å². The molecule has 3 aliphatic heterocycles. The van der Waals surface area contributed by atoms with Gasteiger partial charge in [-0.2, -0.15) is 0 Å². The number of hydrogen-bond donors (Lipinski definition) is 1. The van der Waals surface area contributed by atoms with E-state index in [0.717, 1.165) is 12.8 Å². The summed E-state index contributed by atoms with van der Waals surface area (Å²) in [6, 6.07) is -0.332. The first-order valence-corrected chi connectivity index (χ1v) is 9.33. The lowest BCUT2D eigenvalue weighted by atomic mass is 10.0. The van der Waals surface area contributed by atoms with Crippen molar-refractivity contribution in [3.05, 3.63) is 0 Å². The smallest absolute Gasteiger partial charge is 0.243 e. The van der Waals surface area contributed by atoms with Crippen molar-refractivity contribution in [2.24, 2.45) is 5.92 Å². The molecule has 3 atom stereocenters. The summed E-state index contributed by atoms with van der Waals surface area (Å²) in [7, 11) is 0. The van der Waals surface area contributed by atoms with Crippen LogP contribution >= 0.6 is 11.8 Å². The van der Waals surface area contributed by atoms with Gasteiger partial charge in [0.15, 0.2) is 5.79 Å². The Morgan fingerprint density at radius 3 is 2.83 bits per heavy atom. The monoisotopic (exact) mass is 342 g/mol. The molecule has 1 N–H and O–H groups in total. The first kappa shape index (κ1) is 17.0. The third kappa shape index (κ3) is 3.37. The summed E-state index contributed by atoms with van der Waals surface area (Å²) in [5.41, 5.74) is 0. The Labute approximate surface area is 141 Å². The molecule has 3 rings (SSSR count). The number of carbonyl (C=O) groups excluding carboxylic acids is 2. The molecule has 0 aromatic heterocycles. The molecular formula is C16H26N2O4S. The van der Waals surface area contributed by atoms with Gasteiger partial charge in [0, 0.05) is 25.1 Å². The van der Waals surface area contributed by atoms with E-state index in [1.807, 2.05) is 6.92 Å². The molecule has 0 aromatic carbocycles. The number of nitrogens with zero attached hydrogens (tertiary/aromatic N) is 1. The summed E-state index contributed by atoms with van der Waals surface area (Å²) in [6.45, 7) is 7.91. The zero-order chi connectivity index (χ0) is 16.7. The van der Waals surface area contributed by atoms with Crippen LogP contribution in [0.1, 0.15) is 40.0 Å². The zero-order valence-electron chi connectivity index (χ0n) is 14.1. The maximum absolute atomic E-state index is 12.5. The lowest BCUT2D eigenvalue weighted by Crippen LogP contribution is -2.50. The topological polar surface area (TPSA) is 67.9 Å². The summed E-state index contributed by atoms with van der Waals surface area (Å²) in [4.78, 5) is 26.2. The number of carbonyl (C=O) groups is 2. The number of fused-ring (bicyclic) bond motifs is 1. The second kappa shape index (κ2) is 6.26. The maximum atomic E-state index is 12.5. The number of rotatable bonds is 5. The molecule has 7 heteroatoms. The summed E-state index contributed by atoms with van der Waals surface area (Å²) in [5.74, 6) is 0.466. The van der Waals surface area contributed by atoms with Crippen molar-refractivity contribution < 1.29 is 19.1 Å². The van der Waals surface area contributed by atoms with Crippen molar-refractivity contribution in [3.8, 4) is 0 Å². The lowest BCUT2D eigenvalue weighted by molar-refractivity contribution is -0.154. The molecule has 2 amide bonds. The average Bonchev–Trinajstić information content (AvgIpc) is 3.13. The summed E-state index contributed by atoms with van der Waals surface area (Å²) in [6.07, 6.45) is 2.13. The van der Waals surface area contributed by atoms with E-state index >= 15 is 0 Å². The highest BCUT2D eigenvalue weighted by molar-refractivity contribution is 8.01. The highest BCUT2D eigenvalue weighted by Crippen LogP contribution is 2.47. The molecule has 0 aromatic rings. The van der Waals surface area contributed by atoms with E-state index in [4.69, 9.17) is 9.47 Å². The van der Waals surface area contributed by atoms with Crippen molar-refractivity contribution in [2.45, 2.75) is 56.7 Å². The van der Waals surface area contributed by atoms with Gasteiger partial charge in [-0.15, -0.1) is 11.8 Å². The van der Waals surface area contributed by atoms with Gasteiger partial charge in [-0.1, -0.05) is 6.92 Å². The molecule has 23 heavy (non-hydrogen) atoms. The molecule has 3 heterocycles. The molecule has 3 aliphatic rings. The van der Waals surface area contributed by atoms with Crippen LogP contribution in [0.4, 0.5) is 0 Å². The molecule has 0 spiro atoms. The van der Waals surface area contributed by atoms with Gasteiger partial charge in [0.25, 0.3) is 0 Å². The van der Waals surface area contributed by atoms with Crippen molar-refractivity contribution in [1.29, 1.82) is 0 Å². The Kier molecular flexibility index (Phi) is 4.64. The Balaban J connectivity index is 1.50. The fourth-order valence-electron chi connectivity index (χ4n) is 3.79. The first-order chi connectivity index (χ1) is 10.8. The summed E-state index contributed by atoms with van der Waals surface area (Å²) in [5, 5.41) is 3.01. The van der Waals surface area contributed by atoms with Crippen LogP contribution in [0.5, 0.6) is 0 Å². The van der Waals surface area contributed by atoms with Gasteiger partial charge in [0.05, 0.1) is 18.1 Å². The predicted molar refractivity (Wildman–Crippen MR) is 87.8 cm³/mol. The fraction of sp³-hybridized carbons (Fsp3) is 0.875. The van der Waals surface area contributed by atoms with Crippen molar-refractivity contribution >= 4 is 23.6 Å². The standard InChI is InChI=1S/C16H26N2O4S/c1-11(8-16(3)21-6-7-22-16)9-17-14(20)12-10-23-15(2)5-4-13(19)18(12)15/h11-12H,4-10H2,1-3H3,(H,17,20)/t11-,12-,15-/m0/s1. The average molecular weight is 342 g/mol. The number of ether oxygens (including phenoxy) is 2. The minimum Gasteiger partial charge on any atom is -0.354 e. The summed E-state index contributed by atoms with van der Waals surface area (Å²) < 4.78 is 11.2. The summed E-state index contributed by atoms with van der Waals surface area (Å²) >= 11 is 1.72. The van der Waals surface area contributed by atoms with Gasteiger partial charge in [-0.05, 0) is 26.2 Å². The normalized spacial score (nSPS) is 33.8. The SMILES string of the molecule is C[C@H](CNC(=O)[C@@H]1CS[C@@]2(C)CCC(=O)N12)CC1(C)OCCO1. The largest absolute Gasteiger partial charge is 0.354 e. The van der Waals surface area contributed by atoms with Crippen LogP contribution in [0.3, 0.4) is 0 Å². The van der Waals surface area contributed by atoms with Crippen LogP contribution in [0.2, 0.25) is 0 Å². The number of amides is 2. The Hall–Kier alpha value is -0.790. The van der Waals surface area contributed by atoms with Crippen LogP contribution in [-0.4, -0.2) is 58.9 Å². The molecular weight excluding hydrogens is 316 g/mol. The van der Waals surface area contributed by atoms with Crippen molar-refractivity contribution in [2.75, 3.05) is 25.5 Å². The van der Waals surface area contributed by atoms with Crippen LogP contribution in [0.15, 0.2) is 0 Å². The van der Waals surface area contributed by atoms with Gasteiger partial charge in [0.2, 0.25) is 11.8 Å². The number of thioether (sulfide) groups is 1. The van der Waals surface area contributed by atoms with E-state index in [1.54, 1.807) is 16.7 Å². The van der Waals surface area contributed by atoms with E-state index in [1.165, 1.54) is 0 Å². The Morgan fingerprint density at radius 1 is 1.43 bits per heavy atom. The molecule has 130 valence electrons. The van der Waals surface area contributed by atoms with E-state index in [0.29, 0.717) is 31.9 Å². The first-order valence-electron chi connectivity index (χ1n) is 8.35. The lowest BCUT2D eigenvalue weighted by Gasteiger charge is -2.30. The third-order valence-electron chi connectivity index (χ3n) is 4.99. The number of hydrogen-bond acceptors (Lipinski definition) is 5. The van der Waals surface area contributed by atoms with E-state index < -0.39 is 5.79 Å². The minimum atomic E-state index is -0.531. The molecule has 3 saturated heterocycles. The van der Waals surface area contributed by atoms with Gasteiger partial charge >= 0.3 is 0 Å². The van der Waals surface area contributed by atoms with Crippen LogP contribution < -0.4 is 5.32 Å². The van der Waals surface area contributed by atoms with Gasteiger partial charge < -0.3 is 19.7 Å². The molecule has 3 fully saturated rings. The second-order valence-electron chi connectivity index (χ2n) is 7.15. The third-order valence-corrected chi connectivity index (χ3v) is 6.49. The van der Waals surface area contributed by atoms with Crippen LogP contribution in [0.25, 0.3) is 0 Å². The Bertz CT molecular complexity index is 494. The van der Waals surface area contributed by atoms with E-state index in [-0.39, 0.29) is 28.6 Å². The van der Waals surface area contributed by atoms with Gasteiger partial charge in [-0.3, -0.25) is 9.59 Å². The second-order valence-corrected chi connectivity index (χ2v) is 8.65. The highest BCUT2D eigenvalue weighted by atomic mass is 32.2. The molecule has 0 aliphatic carbocycles. The molecule has 0 bridgehead atoms. The van der Waals surface area contributed by atoms with Crippen LogP contribution in [0, 0.1) is 5.92 Å². The predicted octanol–water partition coefficient (Wildman–Crippen LogP) is 1.35. The van der Waals surface area contributed by atoms with Gasteiger partial charge in [-0.25, -0.2) is 0 Å². The number of nitrogens with one attached hydrogen (secondary N) is 1. The Morgan fingerprint density at radius 2 is 2.13 bits per heavy atom. The highest BCUT2D eigenvalue weighted by Gasteiger charge is 2.52.